The Balaban J connectivity index is 1.75. The normalized spacial score (nSPS) is 27.2. The zero-order valence-electron chi connectivity index (χ0n) is 13.3. The second kappa shape index (κ2) is 5.64. The van der Waals surface area contributed by atoms with Gasteiger partial charge >= 0.3 is 6.03 Å². The quantitative estimate of drug-likeness (QED) is 0.810. The lowest BCUT2D eigenvalue weighted by Gasteiger charge is -2.33. The highest BCUT2D eigenvalue weighted by atomic mass is 16.2. The number of carbonyl (C=O) groups is 3. The van der Waals surface area contributed by atoms with Crippen LogP contribution in [-0.2, 0) is 4.79 Å². The van der Waals surface area contributed by atoms with Crippen LogP contribution in [0.4, 0.5) is 4.79 Å². The third-order valence-corrected chi connectivity index (χ3v) is 4.62. The van der Waals surface area contributed by atoms with Crippen molar-refractivity contribution in [3.8, 4) is 0 Å². The highest BCUT2D eigenvalue weighted by Gasteiger charge is 2.52. The lowest BCUT2D eigenvalue weighted by atomic mass is 9.77. The van der Waals surface area contributed by atoms with E-state index in [2.05, 4.69) is 22.7 Å². The predicted octanol–water partition coefficient (Wildman–Crippen LogP) is 1.54. The lowest BCUT2D eigenvalue weighted by molar-refractivity contribution is -0.134. The smallest absolute Gasteiger partial charge is 0.322 e. The van der Waals surface area contributed by atoms with Crippen LogP contribution in [0.15, 0.2) is 18.2 Å². The largest absolute Gasteiger partial charge is 0.344 e. The van der Waals surface area contributed by atoms with E-state index in [9.17, 15) is 14.4 Å². The molecule has 4 amide bonds. The summed E-state index contributed by atoms with van der Waals surface area (Å²) in [6.07, 6.45) is 2.97. The molecule has 1 saturated heterocycles. The third-order valence-electron chi connectivity index (χ3n) is 4.62. The summed E-state index contributed by atoms with van der Waals surface area (Å²) in [5, 5.41) is 3.55. The van der Waals surface area contributed by atoms with Crippen molar-refractivity contribution in [2.75, 3.05) is 0 Å². The molecular weight excluding hydrogens is 296 g/mol. The lowest BCUT2D eigenvalue weighted by Crippen LogP contribution is -2.51. The number of hydrogen-bond acceptors (Lipinski definition) is 4. The Hall–Kier alpha value is -2.44. The summed E-state index contributed by atoms with van der Waals surface area (Å²) in [6, 6.07) is 4.43. The molecule has 2 heterocycles. The number of aryl methyl sites for hydroxylation is 1. The number of urea groups is 1. The van der Waals surface area contributed by atoms with Gasteiger partial charge in [-0.2, -0.15) is 5.01 Å². The van der Waals surface area contributed by atoms with Gasteiger partial charge in [0.05, 0.1) is 0 Å². The molecule has 1 saturated carbocycles. The molecule has 3 rings (SSSR count). The van der Waals surface area contributed by atoms with E-state index in [4.69, 9.17) is 0 Å². The molecule has 0 atom stereocenters. The van der Waals surface area contributed by atoms with Gasteiger partial charge in [-0.25, -0.2) is 9.78 Å². The van der Waals surface area contributed by atoms with E-state index in [1.54, 1.807) is 25.1 Å². The minimum absolute atomic E-state index is 0.170. The maximum absolute atomic E-state index is 12.6. The Morgan fingerprint density at radius 2 is 2.04 bits per heavy atom. The van der Waals surface area contributed by atoms with Gasteiger partial charge in [0.2, 0.25) is 0 Å². The first-order valence-electron chi connectivity index (χ1n) is 7.83. The van der Waals surface area contributed by atoms with E-state index in [1.807, 2.05) is 0 Å². The second-order valence-electron chi connectivity index (χ2n) is 6.44. The molecule has 0 radical (unpaired) electrons. The molecule has 1 aromatic heterocycles. The van der Waals surface area contributed by atoms with Gasteiger partial charge in [-0.1, -0.05) is 13.0 Å². The number of carbonyl (C=O) groups excluding carboxylic acids is 3. The number of rotatable bonds is 2. The Morgan fingerprint density at radius 1 is 1.35 bits per heavy atom. The minimum atomic E-state index is -0.864. The van der Waals surface area contributed by atoms with Gasteiger partial charge in [0.15, 0.2) is 0 Å². The zero-order chi connectivity index (χ0) is 16.6. The van der Waals surface area contributed by atoms with Crippen LogP contribution < -0.4 is 10.7 Å². The van der Waals surface area contributed by atoms with Crippen molar-refractivity contribution < 1.29 is 14.4 Å². The van der Waals surface area contributed by atoms with Crippen LogP contribution in [0.3, 0.4) is 0 Å². The van der Waals surface area contributed by atoms with Gasteiger partial charge in [-0.3, -0.25) is 15.0 Å². The van der Waals surface area contributed by atoms with Crippen LogP contribution in [-0.4, -0.2) is 33.4 Å². The fourth-order valence-corrected chi connectivity index (χ4v) is 3.14. The Morgan fingerprint density at radius 3 is 2.70 bits per heavy atom. The number of hydrazine groups is 1. The maximum atomic E-state index is 12.6. The molecule has 1 aliphatic heterocycles. The average Bonchev–Trinajstić information content (AvgIpc) is 2.75. The Bertz CT molecular complexity index is 665. The van der Waals surface area contributed by atoms with Crippen LogP contribution in [0.25, 0.3) is 0 Å². The van der Waals surface area contributed by atoms with Crippen molar-refractivity contribution in [3.63, 3.8) is 0 Å². The van der Waals surface area contributed by atoms with Crippen molar-refractivity contribution in [2.45, 2.75) is 45.1 Å². The summed E-state index contributed by atoms with van der Waals surface area (Å²) in [5.41, 5.74) is 2.37. The van der Waals surface area contributed by atoms with Gasteiger partial charge in [0, 0.05) is 5.69 Å². The second-order valence-corrected chi connectivity index (χ2v) is 6.44. The molecule has 0 aromatic carbocycles. The first-order chi connectivity index (χ1) is 10.9. The molecular formula is C16H20N4O3. The minimum Gasteiger partial charge on any atom is -0.322 e. The zero-order valence-corrected chi connectivity index (χ0v) is 13.3. The monoisotopic (exact) mass is 316 g/mol. The van der Waals surface area contributed by atoms with Crippen molar-refractivity contribution >= 4 is 17.8 Å². The van der Waals surface area contributed by atoms with E-state index < -0.39 is 17.5 Å². The fourth-order valence-electron chi connectivity index (χ4n) is 3.14. The van der Waals surface area contributed by atoms with Crippen molar-refractivity contribution in [1.29, 1.82) is 0 Å². The summed E-state index contributed by atoms with van der Waals surface area (Å²) in [6.45, 7) is 3.90. The first-order valence-corrected chi connectivity index (χ1v) is 7.83. The molecule has 23 heavy (non-hydrogen) atoms. The summed E-state index contributed by atoms with van der Waals surface area (Å²) in [5.74, 6) is -0.403. The van der Waals surface area contributed by atoms with Crippen LogP contribution in [0.5, 0.6) is 0 Å². The highest BCUT2D eigenvalue weighted by molar-refractivity contribution is 6.09. The van der Waals surface area contributed by atoms with Crippen LogP contribution in [0.1, 0.15) is 48.8 Å². The van der Waals surface area contributed by atoms with Gasteiger partial charge in [-0.05, 0) is 50.7 Å². The highest BCUT2D eigenvalue weighted by Crippen LogP contribution is 2.35. The van der Waals surface area contributed by atoms with Gasteiger partial charge in [0.25, 0.3) is 11.8 Å². The van der Waals surface area contributed by atoms with E-state index in [1.165, 1.54) is 0 Å². The predicted molar refractivity (Wildman–Crippen MR) is 82.2 cm³/mol. The maximum Gasteiger partial charge on any atom is 0.344 e. The van der Waals surface area contributed by atoms with Crippen LogP contribution in [0.2, 0.25) is 0 Å². The third kappa shape index (κ3) is 2.78. The molecule has 2 N–H and O–H groups in total. The standard InChI is InChI=1S/C16H20N4O3/c1-10-6-8-16(9-7-10)14(22)20(15(23)18-16)19-13(21)12-5-3-4-11(2)17-12/h3-5,10H,6-9H2,1-2H3,(H,18,23)(H,19,21). The molecule has 2 aliphatic rings. The number of amides is 4. The summed E-state index contributed by atoms with van der Waals surface area (Å²) < 4.78 is 0. The van der Waals surface area contributed by atoms with E-state index in [0.29, 0.717) is 24.5 Å². The Labute approximate surface area is 134 Å². The van der Waals surface area contributed by atoms with E-state index in [0.717, 1.165) is 17.9 Å². The number of nitrogens with one attached hydrogen (secondary N) is 2. The summed E-state index contributed by atoms with van der Waals surface area (Å²) >= 11 is 0. The molecule has 1 spiro atoms. The molecule has 7 nitrogen and oxygen atoms in total. The number of pyridine rings is 1. The summed E-state index contributed by atoms with van der Waals surface area (Å²) in [4.78, 5) is 41.1. The molecule has 7 heteroatoms. The molecule has 2 fully saturated rings. The molecule has 1 aliphatic carbocycles. The Kier molecular flexibility index (Phi) is 3.79. The van der Waals surface area contributed by atoms with Crippen LogP contribution in [0, 0.1) is 12.8 Å². The first kappa shape index (κ1) is 15.5. The van der Waals surface area contributed by atoms with Crippen LogP contribution >= 0.6 is 0 Å². The number of hydrogen-bond donors (Lipinski definition) is 2. The topological polar surface area (TPSA) is 91.4 Å². The fraction of sp³-hybridized carbons (Fsp3) is 0.500. The van der Waals surface area contributed by atoms with Gasteiger partial charge in [-0.15, -0.1) is 0 Å². The molecule has 1 aromatic rings. The molecule has 122 valence electrons. The number of nitrogens with zero attached hydrogens (tertiary/aromatic N) is 2. The van der Waals surface area contributed by atoms with Gasteiger partial charge in [0.1, 0.15) is 11.2 Å². The van der Waals surface area contributed by atoms with Gasteiger partial charge < -0.3 is 5.32 Å². The summed E-state index contributed by atoms with van der Waals surface area (Å²) in [7, 11) is 0. The molecule has 0 bridgehead atoms. The number of aromatic nitrogens is 1. The van der Waals surface area contributed by atoms with Crippen molar-refractivity contribution in [1.82, 2.24) is 20.7 Å². The van der Waals surface area contributed by atoms with Crippen molar-refractivity contribution in [2.24, 2.45) is 5.92 Å². The van der Waals surface area contributed by atoms with E-state index >= 15 is 0 Å². The average molecular weight is 316 g/mol. The van der Waals surface area contributed by atoms with E-state index in [-0.39, 0.29) is 11.6 Å². The SMILES string of the molecule is Cc1cccc(C(=O)NN2C(=O)NC3(CCC(C)CC3)C2=O)n1. The van der Waals surface area contributed by atoms with Crippen molar-refractivity contribution in [3.05, 3.63) is 29.6 Å². The molecule has 0 unspecified atom stereocenters. The number of imide groups is 1.